The molecule has 2 bridgehead atoms. The highest BCUT2D eigenvalue weighted by Crippen LogP contribution is 2.41. The minimum absolute atomic E-state index is 0.201. The van der Waals surface area contributed by atoms with Crippen molar-refractivity contribution in [3.8, 4) is 0 Å². The quantitative estimate of drug-likeness (QED) is 0.896. The Hall–Kier alpha value is -1.62. The third-order valence-corrected chi connectivity index (χ3v) is 5.46. The highest BCUT2D eigenvalue weighted by Gasteiger charge is 2.45. The molecule has 2 aliphatic heterocycles. The van der Waals surface area contributed by atoms with E-state index in [0.29, 0.717) is 12.1 Å². The number of urea groups is 1. The second kappa shape index (κ2) is 6.11. The van der Waals surface area contributed by atoms with E-state index in [0.717, 1.165) is 18.9 Å². The number of carbonyl (C=O) groups is 1. The summed E-state index contributed by atoms with van der Waals surface area (Å²) in [5, 5.41) is 5.69. The van der Waals surface area contributed by atoms with E-state index >= 15 is 0 Å². The normalized spacial score (nSPS) is 30.7. The lowest BCUT2D eigenvalue weighted by Crippen LogP contribution is -2.58. The average molecular weight is 317 g/mol. The molecule has 1 saturated carbocycles. The number of nitrogens with zero attached hydrogens (tertiary/aromatic N) is 1. The molecule has 0 radical (unpaired) electrons. The Morgan fingerprint density at radius 3 is 2.39 bits per heavy atom. The zero-order chi connectivity index (χ0) is 15.8. The Morgan fingerprint density at radius 2 is 1.74 bits per heavy atom. The third-order valence-electron chi connectivity index (χ3n) is 5.46. The molecule has 3 aliphatic rings. The summed E-state index contributed by atoms with van der Waals surface area (Å²) in [6, 6.07) is 8.23. The van der Waals surface area contributed by atoms with Crippen molar-refractivity contribution in [2.45, 2.75) is 69.1 Å². The van der Waals surface area contributed by atoms with E-state index in [4.69, 9.17) is 0 Å². The fourth-order valence-electron chi connectivity index (χ4n) is 4.41. The summed E-state index contributed by atoms with van der Waals surface area (Å²) in [5.41, 5.74) is 0.237. The van der Waals surface area contributed by atoms with Crippen molar-refractivity contribution in [3.05, 3.63) is 30.1 Å². The van der Waals surface area contributed by atoms with Crippen molar-refractivity contribution in [1.29, 1.82) is 0 Å². The van der Waals surface area contributed by atoms with Crippen molar-refractivity contribution in [3.63, 3.8) is 0 Å². The minimum atomic E-state index is -0.400. The van der Waals surface area contributed by atoms with Crippen LogP contribution in [-0.2, 0) is 0 Å². The molecule has 1 aromatic rings. The molecule has 1 aromatic carbocycles. The second-order valence-corrected chi connectivity index (χ2v) is 7.16. The minimum Gasteiger partial charge on any atom is -0.335 e. The molecular weight excluding hydrogens is 293 g/mol. The highest BCUT2D eigenvalue weighted by atomic mass is 19.1. The number of anilines is 1. The number of benzene rings is 1. The number of para-hydroxylation sites is 1. The molecule has 2 N–H and O–H groups in total. The molecule has 0 unspecified atom stereocenters. The topological polar surface area (TPSA) is 44.4 Å². The lowest BCUT2D eigenvalue weighted by molar-refractivity contribution is 0.0198. The maximum Gasteiger partial charge on any atom is 0.319 e. The van der Waals surface area contributed by atoms with Crippen LogP contribution in [-0.4, -0.2) is 35.1 Å². The van der Waals surface area contributed by atoms with Gasteiger partial charge in [-0.1, -0.05) is 18.6 Å². The van der Waals surface area contributed by atoms with Crippen LogP contribution >= 0.6 is 0 Å². The smallest absolute Gasteiger partial charge is 0.319 e. The van der Waals surface area contributed by atoms with Crippen molar-refractivity contribution in [2.75, 3.05) is 5.32 Å². The first-order valence-corrected chi connectivity index (χ1v) is 8.80. The molecule has 1 aliphatic carbocycles. The van der Waals surface area contributed by atoms with Crippen LogP contribution in [0.15, 0.2) is 24.3 Å². The van der Waals surface area contributed by atoms with Gasteiger partial charge < -0.3 is 10.6 Å². The summed E-state index contributed by atoms with van der Waals surface area (Å²) in [4.78, 5) is 14.9. The number of hydrogen-bond donors (Lipinski definition) is 2. The summed E-state index contributed by atoms with van der Waals surface area (Å²) in [6.45, 7) is 0. The second-order valence-electron chi connectivity index (χ2n) is 7.16. The van der Waals surface area contributed by atoms with E-state index in [1.54, 1.807) is 18.2 Å². The first-order chi connectivity index (χ1) is 11.2. The van der Waals surface area contributed by atoms with Crippen LogP contribution in [0.1, 0.15) is 44.9 Å². The van der Waals surface area contributed by atoms with E-state index in [2.05, 4.69) is 15.5 Å². The Labute approximate surface area is 136 Å². The summed E-state index contributed by atoms with van der Waals surface area (Å²) >= 11 is 0. The van der Waals surface area contributed by atoms with Crippen LogP contribution in [0.4, 0.5) is 14.9 Å². The molecule has 23 heavy (non-hydrogen) atoms. The predicted octanol–water partition coefficient (Wildman–Crippen LogP) is 3.50. The molecule has 2 heterocycles. The maximum atomic E-state index is 13.6. The summed E-state index contributed by atoms with van der Waals surface area (Å²) in [6.07, 6.45) is 8.56. The Morgan fingerprint density at radius 1 is 1.04 bits per heavy atom. The molecule has 124 valence electrons. The van der Waals surface area contributed by atoms with Gasteiger partial charge in [0.25, 0.3) is 0 Å². The highest BCUT2D eigenvalue weighted by molar-refractivity contribution is 5.89. The van der Waals surface area contributed by atoms with Gasteiger partial charge >= 0.3 is 6.03 Å². The van der Waals surface area contributed by atoms with E-state index < -0.39 is 5.82 Å². The molecule has 4 nitrogen and oxygen atoms in total. The Kier molecular flexibility index (Phi) is 3.97. The van der Waals surface area contributed by atoms with Crippen LogP contribution < -0.4 is 10.6 Å². The number of piperidine rings is 2. The van der Waals surface area contributed by atoms with E-state index in [-0.39, 0.29) is 17.8 Å². The van der Waals surface area contributed by atoms with Crippen molar-refractivity contribution in [1.82, 2.24) is 10.2 Å². The van der Waals surface area contributed by atoms with E-state index in [1.807, 2.05) is 0 Å². The summed E-state index contributed by atoms with van der Waals surface area (Å²) < 4.78 is 13.6. The first-order valence-electron chi connectivity index (χ1n) is 8.80. The number of hydrogen-bond acceptors (Lipinski definition) is 2. The first kappa shape index (κ1) is 14.9. The van der Waals surface area contributed by atoms with Gasteiger partial charge in [-0.05, 0) is 50.7 Å². The van der Waals surface area contributed by atoms with Crippen LogP contribution in [0.5, 0.6) is 0 Å². The molecular formula is C18H24FN3O. The number of rotatable bonds is 3. The van der Waals surface area contributed by atoms with Crippen molar-refractivity contribution < 1.29 is 9.18 Å². The molecule has 2 saturated heterocycles. The maximum absolute atomic E-state index is 13.6. The van der Waals surface area contributed by atoms with Gasteiger partial charge in [-0.3, -0.25) is 4.90 Å². The number of halogens is 1. The SMILES string of the molecule is O=C(Nc1ccccc1F)NC1C[C@H]2CCC[C@H](C1)N2C1CC1. The largest absolute Gasteiger partial charge is 0.335 e. The lowest BCUT2D eigenvalue weighted by Gasteiger charge is -2.49. The van der Waals surface area contributed by atoms with Crippen LogP contribution in [0, 0.1) is 5.82 Å². The molecule has 3 fully saturated rings. The molecule has 2 amide bonds. The molecule has 0 aromatic heterocycles. The van der Waals surface area contributed by atoms with Gasteiger partial charge in [0.2, 0.25) is 0 Å². The van der Waals surface area contributed by atoms with Gasteiger partial charge in [-0.15, -0.1) is 0 Å². The molecule has 4 rings (SSSR count). The van der Waals surface area contributed by atoms with Gasteiger partial charge in [0.1, 0.15) is 5.82 Å². The predicted molar refractivity (Wildman–Crippen MR) is 87.9 cm³/mol. The number of amides is 2. The monoisotopic (exact) mass is 317 g/mol. The van der Waals surface area contributed by atoms with Gasteiger partial charge in [-0.25, -0.2) is 9.18 Å². The van der Waals surface area contributed by atoms with Gasteiger partial charge in [-0.2, -0.15) is 0 Å². The van der Waals surface area contributed by atoms with Gasteiger partial charge in [0, 0.05) is 24.2 Å². The van der Waals surface area contributed by atoms with Crippen LogP contribution in [0.25, 0.3) is 0 Å². The zero-order valence-electron chi connectivity index (χ0n) is 13.3. The van der Waals surface area contributed by atoms with Gasteiger partial charge in [0.15, 0.2) is 0 Å². The van der Waals surface area contributed by atoms with E-state index in [1.165, 1.54) is 38.2 Å². The number of carbonyl (C=O) groups excluding carboxylic acids is 1. The molecule has 2 atom stereocenters. The summed E-state index contributed by atoms with van der Waals surface area (Å²) in [5.74, 6) is -0.400. The average Bonchev–Trinajstić information content (AvgIpc) is 3.33. The van der Waals surface area contributed by atoms with Crippen LogP contribution in [0.3, 0.4) is 0 Å². The third kappa shape index (κ3) is 3.20. The Bertz CT molecular complexity index is 575. The van der Waals surface area contributed by atoms with Crippen molar-refractivity contribution >= 4 is 11.7 Å². The zero-order valence-corrected chi connectivity index (χ0v) is 13.3. The van der Waals surface area contributed by atoms with Crippen LogP contribution in [0.2, 0.25) is 0 Å². The fraction of sp³-hybridized carbons (Fsp3) is 0.611. The van der Waals surface area contributed by atoms with Gasteiger partial charge in [0.05, 0.1) is 5.69 Å². The van der Waals surface area contributed by atoms with E-state index in [9.17, 15) is 9.18 Å². The lowest BCUT2D eigenvalue weighted by atomic mass is 9.81. The summed E-state index contributed by atoms with van der Waals surface area (Å²) in [7, 11) is 0. The number of nitrogens with one attached hydrogen (secondary N) is 2. The molecule has 5 heteroatoms. The molecule has 0 spiro atoms. The fourth-order valence-corrected chi connectivity index (χ4v) is 4.41. The van der Waals surface area contributed by atoms with Crippen molar-refractivity contribution in [2.24, 2.45) is 0 Å². The standard InChI is InChI=1S/C18H24FN3O/c19-16-6-1-2-7-17(16)21-18(23)20-12-10-14-4-3-5-15(11-12)22(14)13-8-9-13/h1-2,6-7,12-15H,3-5,8-11H2,(H2,20,21,23)/t14-,15-/m1/s1. The number of fused-ring (bicyclic) bond motifs is 2. The Balaban J connectivity index is 1.36.